The van der Waals surface area contributed by atoms with E-state index in [1.54, 1.807) is 24.3 Å². The third-order valence-corrected chi connectivity index (χ3v) is 4.92. The average Bonchev–Trinajstić information content (AvgIpc) is 2.66. The molecule has 30 heavy (non-hydrogen) atoms. The average molecular weight is 437 g/mol. The molecule has 0 saturated heterocycles. The second kappa shape index (κ2) is 9.54. The number of phenols is 1. The first-order valence-corrected chi connectivity index (χ1v) is 9.70. The van der Waals surface area contributed by atoms with Crippen molar-refractivity contribution in [3.05, 3.63) is 48.5 Å². The molecule has 0 aliphatic rings. The summed E-state index contributed by atoms with van der Waals surface area (Å²) in [6, 6.07) is 11.8. The number of fused-ring (bicyclic) bond motifs is 1. The van der Waals surface area contributed by atoms with Crippen molar-refractivity contribution in [3.63, 3.8) is 0 Å². The summed E-state index contributed by atoms with van der Waals surface area (Å²) in [5.41, 5.74) is 0.551. The van der Waals surface area contributed by atoms with Crippen molar-refractivity contribution >= 4 is 43.9 Å². The van der Waals surface area contributed by atoms with Gasteiger partial charge in [0, 0.05) is 12.3 Å². The Morgan fingerprint density at radius 2 is 1.73 bits per heavy atom. The maximum Gasteiger partial charge on any atom is 1.00 e. The van der Waals surface area contributed by atoms with Crippen LogP contribution in [0.15, 0.2) is 63.7 Å². The Morgan fingerprint density at radius 1 is 1.07 bits per heavy atom. The monoisotopic (exact) mass is 437 g/mol. The number of nitrogens with zero attached hydrogens (tertiary/aromatic N) is 2. The van der Waals surface area contributed by atoms with Crippen LogP contribution >= 0.6 is 0 Å². The Balaban J connectivity index is 0.00000320. The zero-order chi connectivity index (χ0) is 21.2. The van der Waals surface area contributed by atoms with Crippen LogP contribution in [0.4, 0.5) is 17.1 Å². The Bertz CT molecular complexity index is 1240. The van der Waals surface area contributed by atoms with Crippen LogP contribution in [0.5, 0.6) is 11.5 Å². The first kappa shape index (κ1) is 23.8. The van der Waals surface area contributed by atoms with Gasteiger partial charge in [-0.15, -0.1) is 10.2 Å². The predicted octanol–water partition coefficient (Wildman–Crippen LogP) is 0.836. The number of para-hydroxylation sites is 1. The minimum atomic E-state index is -4.81. The largest absolute Gasteiger partial charge is 1.00 e. The number of aromatic hydroxyl groups is 1. The van der Waals surface area contributed by atoms with Crippen LogP contribution in [0, 0.1) is 0 Å². The summed E-state index contributed by atoms with van der Waals surface area (Å²) >= 11 is 0. The molecule has 0 aliphatic heterocycles. The summed E-state index contributed by atoms with van der Waals surface area (Å²) in [7, 11) is -3.33. The summed E-state index contributed by atoms with van der Waals surface area (Å²) in [5.74, 6) is -0.407. The number of hydrogen-bond donors (Lipinski definition) is 2. The second-order valence-corrected chi connectivity index (χ2v) is 7.32. The molecule has 3 rings (SSSR count). The fourth-order valence-corrected chi connectivity index (χ4v) is 3.48. The number of carbonyl (C=O) groups excluding carboxylic acids is 1. The standard InChI is InChI=1S/C19H17N3O6S.Na/c1-11(23)20-14-9-10-17(29(25,26)27)12-7-8-15(19(24)18(12)14)22-21-13-5-3-4-6-16(13)28-2;/h3-10,24H,1-2H3,(H,20,23)(H,25,26,27);/q;+1/p-1. The van der Waals surface area contributed by atoms with Gasteiger partial charge in [0.25, 0.3) is 0 Å². The van der Waals surface area contributed by atoms with Gasteiger partial charge >= 0.3 is 29.6 Å². The number of benzene rings is 3. The first-order valence-electron chi connectivity index (χ1n) is 8.29. The SMILES string of the molecule is COc1ccccc1N=Nc1ccc2c(S(=O)(=O)[O-])ccc(NC(C)=O)c2c1O.[Na+]. The van der Waals surface area contributed by atoms with E-state index in [4.69, 9.17) is 4.74 Å². The van der Waals surface area contributed by atoms with Crippen molar-refractivity contribution in [1.29, 1.82) is 0 Å². The van der Waals surface area contributed by atoms with E-state index in [9.17, 15) is 22.9 Å². The van der Waals surface area contributed by atoms with Gasteiger partial charge in [0.15, 0.2) is 5.75 Å². The summed E-state index contributed by atoms with van der Waals surface area (Å²) in [4.78, 5) is 11.0. The van der Waals surface area contributed by atoms with E-state index in [0.29, 0.717) is 11.4 Å². The maximum absolute atomic E-state index is 11.6. The molecule has 2 N–H and O–H groups in total. The molecule has 1 amide bonds. The van der Waals surface area contributed by atoms with Gasteiger partial charge in [0.1, 0.15) is 27.2 Å². The quantitative estimate of drug-likeness (QED) is 0.344. The molecule has 0 atom stereocenters. The minimum absolute atomic E-state index is 0. The summed E-state index contributed by atoms with van der Waals surface area (Å²) in [6.45, 7) is 1.26. The molecule has 9 nitrogen and oxygen atoms in total. The smallest absolute Gasteiger partial charge is 0.744 e. The molecule has 0 saturated carbocycles. The molecule has 3 aromatic rings. The van der Waals surface area contributed by atoms with Crippen LogP contribution in [0.25, 0.3) is 10.8 Å². The zero-order valence-electron chi connectivity index (χ0n) is 16.4. The van der Waals surface area contributed by atoms with Crippen LogP contribution in [0.1, 0.15) is 6.92 Å². The van der Waals surface area contributed by atoms with Crippen LogP contribution < -0.4 is 39.6 Å². The number of carbonyl (C=O) groups is 1. The van der Waals surface area contributed by atoms with Gasteiger partial charge < -0.3 is 19.7 Å². The Hall–Kier alpha value is -2.50. The van der Waals surface area contributed by atoms with Crippen molar-refractivity contribution in [2.45, 2.75) is 11.8 Å². The fraction of sp³-hybridized carbons (Fsp3) is 0.105. The number of phenolic OH excluding ortho intramolecular Hbond substituents is 1. The number of nitrogens with one attached hydrogen (secondary N) is 1. The van der Waals surface area contributed by atoms with E-state index in [1.165, 1.54) is 32.2 Å². The van der Waals surface area contributed by atoms with E-state index in [-0.39, 0.29) is 51.7 Å². The van der Waals surface area contributed by atoms with Gasteiger partial charge in [-0.05, 0) is 30.3 Å². The Kier molecular flexibility index (Phi) is 7.56. The predicted molar refractivity (Wildman–Crippen MR) is 105 cm³/mol. The number of azo groups is 1. The van der Waals surface area contributed by atoms with Gasteiger partial charge in [-0.25, -0.2) is 8.42 Å². The van der Waals surface area contributed by atoms with Gasteiger partial charge in [0.2, 0.25) is 5.91 Å². The molecule has 0 aliphatic carbocycles. The summed E-state index contributed by atoms with van der Waals surface area (Å²) in [6.07, 6.45) is 0. The molecule has 0 spiro atoms. The second-order valence-electron chi connectivity index (χ2n) is 5.97. The summed E-state index contributed by atoms with van der Waals surface area (Å²) in [5, 5.41) is 21.2. The van der Waals surface area contributed by atoms with Crippen molar-refractivity contribution in [2.24, 2.45) is 10.2 Å². The topological polar surface area (TPSA) is 140 Å². The molecule has 3 aromatic carbocycles. The fourth-order valence-electron chi connectivity index (χ4n) is 2.80. The van der Waals surface area contributed by atoms with E-state index < -0.39 is 26.7 Å². The van der Waals surface area contributed by atoms with Gasteiger partial charge in [-0.2, -0.15) is 0 Å². The third-order valence-electron chi connectivity index (χ3n) is 4.02. The van der Waals surface area contributed by atoms with E-state index >= 15 is 0 Å². The molecule has 0 bridgehead atoms. The van der Waals surface area contributed by atoms with Gasteiger partial charge in [0.05, 0.1) is 23.1 Å². The molecule has 0 aromatic heterocycles. The first-order chi connectivity index (χ1) is 13.7. The van der Waals surface area contributed by atoms with Crippen molar-refractivity contribution < 1.29 is 57.2 Å². The molecule has 150 valence electrons. The van der Waals surface area contributed by atoms with E-state index in [0.717, 1.165) is 6.07 Å². The Labute approximate surface area is 194 Å². The number of rotatable bonds is 5. The van der Waals surface area contributed by atoms with Gasteiger partial charge in [-0.1, -0.05) is 18.2 Å². The number of hydrogen-bond acceptors (Lipinski definition) is 8. The van der Waals surface area contributed by atoms with Crippen molar-refractivity contribution in [3.8, 4) is 11.5 Å². The molecule has 0 fully saturated rings. The Morgan fingerprint density at radius 3 is 2.37 bits per heavy atom. The van der Waals surface area contributed by atoms with E-state index in [1.807, 2.05) is 0 Å². The van der Waals surface area contributed by atoms with Crippen molar-refractivity contribution in [2.75, 3.05) is 12.4 Å². The summed E-state index contributed by atoms with van der Waals surface area (Å²) < 4.78 is 39.9. The number of amides is 1. The molecule has 0 radical (unpaired) electrons. The van der Waals surface area contributed by atoms with Crippen molar-refractivity contribution in [1.82, 2.24) is 0 Å². The van der Waals surface area contributed by atoms with Crippen LogP contribution in [-0.4, -0.2) is 31.1 Å². The molecular formula is C19H16N3NaO6S. The van der Waals surface area contributed by atoms with Crippen LogP contribution in [0.2, 0.25) is 0 Å². The third kappa shape index (κ3) is 4.97. The van der Waals surface area contributed by atoms with Crippen LogP contribution in [0.3, 0.4) is 0 Å². The molecule has 0 heterocycles. The van der Waals surface area contributed by atoms with E-state index in [2.05, 4.69) is 15.5 Å². The number of anilines is 1. The maximum atomic E-state index is 11.6. The number of methoxy groups -OCH3 is 1. The molecular weight excluding hydrogens is 421 g/mol. The number of ether oxygens (including phenoxy) is 1. The zero-order valence-corrected chi connectivity index (χ0v) is 19.2. The molecule has 0 unspecified atom stereocenters. The van der Waals surface area contributed by atoms with Crippen LogP contribution in [-0.2, 0) is 14.9 Å². The van der Waals surface area contributed by atoms with Gasteiger partial charge in [-0.3, -0.25) is 4.79 Å². The minimum Gasteiger partial charge on any atom is -0.744 e. The molecule has 11 heteroatoms. The normalized spacial score (nSPS) is 11.3.